The third-order valence-corrected chi connectivity index (χ3v) is 7.68. The van der Waals surface area contributed by atoms with Gasteiger partial charge in [-0.25, -0.2) is 0 Å². The minimum Gasteiger partial charge on any atom is -0.341 e. The summed E-state index contributed by atoms with van der Waals surface area (Å²) >= 11 is 1.52. The van der Waals surface area contributed by atoms with E-state index in [9.17, 15) is 0 Å². The van der Waals surface area contributed by atoms with E-state index in [1.807, 2.05) is 12.4 Å². The first-order valence-electron chi connectivity index (χ1n) is 10.8. The summed E-state index contributed by atoms with van der Waals surface area (Å²) in [7, 11) is 0. The lowest BCUT2D eigenvalue weighted by Crippen LogP contribution is -2.37. The van der Waals surface area contributed by atoms with Gasteiger partial charge >= 0.3 is 0 Å². The molecule has 30 heavy (non-hydrogen) atoms. The van der Waals surface area contributed by atoms with Crippen LogP contribution in [0, 0.1) is 11.3 Å². The van der Waals surface area contributed by atoms with E-state index in [1.165, 1.54) is 33.9 Å². The molecule has 158 valence electrons. The summed E-state index contributed by atoms with van der Waals surface area (Å²) < 4.78 is 6.28. The third kappa shape index (κ3) is 4.21. The molecule has 2 aromatic rings. The molecule has 0 saturated heterocycles. The van der Waals surface area contributed by atoms with Crippen molar-refractivity contribution in [3.8, 4) is 0 Å². The van der Waals surface area contributed by atoms with Gasteiger partial charge in [0.25, 0.3) is 0 Å². The molecule has 0 spiro atoms. The topological polar surface area (TPSA) is 25.4 Å². The third-order valence-electron chi connectivity index (χ3n) is 6.72. The fourth-order valence-corrected chi connectivity index (χ4v) is 4.80. The van der Waals surface area contributed by atoms with Crippen molar-refractivity contribution in [2.45, 2.75) is 52.6 Å². The van der Waals surface area contributed by atoms with Gasteiger partial charge in [-0.3, -0.25) is 4.98 Å². The highest BCUT2D eigenvalue weighted by Crippen LogP contribution is 2.47. The molecule has 2 aliphatic rings. The summed E-state index contributed by atoms with van der Waals surface area (Å²) in [6.45, 7) is 12.0. The Bertz CT molecular complexity index is 943. The zero-order valence-corrected chi connectivity index (χ0v) is 19.4. The zero-order chi connectivity index (χ0) is 21.4. The minimum atomic E-state index is -0.211. The first-order valence-corrected chi connectivity index (χ1v) is 11.5. The van der Waals surface area contributed by atoms with Crippen LogP contribution >= 0.6 is 12.0 Å². The van der Waals surface area contributed by atoms with E-state index in [1.54, 1.807) is 0 Å². The molecule has 0 fully saturated rings. The molecule has 0 amide bonds. The SMILES string of the molecule is CC(C)(C)C(C)(C)OSC1=CC(C2CN(c3ccncc3)c3ccccc32)CC=C1. The molecule has 4 heteroatoms. The number of fused-ring (bicyclic) bond motifs is 1. The Balaban J connectivity index is 1.55. The van der Waals surface area contributed by atoms with Crippen LogP contribution in [-0.4, -0.2) is 17.1 Å². The van der Waals surface area contributed by atoms with Crippen LogP contribution in [0.3, 0.4) is 0 Å². The maximum atomic E-state index is 6.28. The number of anilines is 2. The molecule has 2 atom stereocenters. The average molecular weight is 421 g/mol. The summed E-state index contributed by atoms with van der Waals surface area (Å²) in [4.78, 5) is 7.83. The number of pyridine rings is 1. The number of hydrogen-bond acceptors (Lipinski definition) is 4. The molecule has 1 aromatic carbocycles. The van der Waals surface area contributed by atoms with E-state index < -0.39 is 0 Å². The molecule has 0 N–H and O–H groups in total. The molecule has 3 nitrogen and oxygen atoms in total. The molecule has 0 saturated carbocycles. The van der Waals surface area contributed by atoms with Crippen molar-refractivity contribution in [3.63, 3.8) is 0 Å². The Hall–Kier alpha value is -2.04. The van der Waals surface area contributed by atoms with Crippen LogP contribution in [0.15, 0.2) is 71.9 Å². The number of allylic oxidation sites excluding steroid dienone is 3. The van der Waals surface area contributed by atoms with Crippen LogP contribution in [0.2, 0.25) is 0 Å². The van der Waals surface area contributed by atoms with Gasteiger partial charge in [-0.1, -0.05) is 57.2 Å². The molecule has 4 rings (SSSR count). The standard InChI is InChI=1S/C26H32N2OS/c1-25(2,3)26(4,5)29-30-21-10-8-9-19(17-21)23-18-28(20-13-15-27-16-14-20)24-12-7-6-11-22(23)24/h6-8,10-17,19,23H,9,18H2,1-5H3. The van der Waals surface area contributed by atoms with Gasteiger partial charge in [0.2, 0.25) is 0 Å². The predicted molar refractivity (Wildman–Crippen MR) is 128 cm³/mol. The molecule has 2 unspecified atom stereocenters. The van der Waals surface area contributed by atoms with Gasteiger partial charge < -0.3 is 9.08 Å². The second-order valence-corrected chi connectivity index (χ2v) is 10.6. The van der Waals surface area contributed by atoms with Gasteiger partial charge in [0.15, 0.2) is 0 Å². The largest absolute Gasteiger partial charge is 0.341 e. The average Bonchev–Trinajstić information content (AvgIpc) is 3.12. The molecule has 0 radical (unpaired) electrons. The Labute approximate surface area is 185 Å². The van der Waals surface area contributed by atoms with Crippen LogP contribution in [0.1, 0.15) is 52.5 Å². The number of para-hydroxylation sites is 1. The van der Waals surface area contributed by atoms with Gasteiger partial charge in [-0.2, -0.15) is 0 Å². The number of nitrogens with zero attached hydrogens (tertiary/aromatic N) is 2. The monoisotopic (exact) mass is 420 g/mol. The maximum absolute atomic E-state index is 6.28. The lowest BCUT2D eigenvalue weighted by Gasteiger charge is -2.37. The van der Waals surface area contributed by atoms with Gasteiger partial charge in [0.1, 0.15) is 0 Å². The van der Waals surface area contributed by atoms with Crippen molar-refractivity contribution in [2.75, 3.05) is 11.4 Å². The van der Waals surface area contributed by atoms with Gasteiger partial charge in [-0.05, 0) is 55.4 Å². The Morgan fingerprint density at radius 3 is 2.50 bits per heavy atom. The molecule has 0 bridgehead atoms. The van der Waals surface area contributed by atoms with E-state index in [0.717, 1.165) is 13.0 Å². The van der Waals surface area contributed by atoms with E-state index in [2.05, 4.69) is 99.1 Å². The second-order valence-electron chi connectivity index (χ2n) is 9.78. The molecule has 2 heterocycles. The Kier molecular flexibility index (Phi) is 5.82. The number of rotatable bonds is 5. The zero-order valence-electron chi connectivity index (χ0n) is 18.6. The summed E-state index contributed by atoms with van der Waals surface area (Å²) in [5.41, 5.74) is 3.83. The lowest BCUT2D eigenvalue weighted by molar-refractivity contribution is 0.0202. The van der Waals surface area contributed by atoms with Gasteiger partial charge in [0.05, 0.1) is 5.60 Å². The predicted octanol–water partition coefficient (Wildman–Crippen LogP) is 7.27. The normalized spacial score (nSPS) is 21.5. The van der Waals surface area contributed by atoms with E-state index in [4.69, 9.17) is 4.18 Å². The highest BCUT2D eigenvalue weighted by molar-refractivity contribution is 7.98. The van der Waals surface area contributed by atoms with Crippen molar-refractivity contribution >= 4 is 23.4 Å². The molecule has 1 aromatic heterocycles. The van der Waals surface area contributed by atoms with Crippen LogP contribution in [-0.2, 0) is 4.18 Å². The quantitative estimate of drug-likeness (QED) is 0.475. The van der Waals surface area contributed by atoms with Crippen molar-refractivity contribution < 1.29 is 4.18 Å². The van der Waals surface area contributed by atoms with Crippen molar-refractivity contribution in [2.24, 2.45) is 11.3 Å². The summed E-state index contributed by atoms with van der Waals surface area (Å²) in [6.07, 6.45) is 11.7. The van der Waals surface area contributed by atoms with E-state index in [0.29, 0.717) is 11.8 Å². The summed E-state index contributed by atoms with van der Waals surface area (Å²) in [5, 5.41) is 0. The fourth-order valence-electron chi connectivity index (χ4n) is 3.86. The van der Waals surface area contributed by atoms with E-state index >= 15 is 0 Å². The van der Waals surface area contributed by atoms with Crippen LogP contribution in [0.5, 0.6) is 0 Å². The van der Waals surface area contributed by atoms with E-state index in [-0.39, 0.29) is 11.0 Å². The first kappa shape index (κ1) is 21.2. The highest BCUT2D eigenvalue weighted by atomic mass is 32.2. The summed E-state index contributed by atoms with van der Waals surface area (Å²) in [5.74, 6) is 0.928. The van der Waals surface area contributed by atoms with Crippen molar-refractivity contribution in [3.05, 3.63) is 77.5 Å². The number of hydrogen-bond donors (Lipinski definition) is 0. The molecule has 1 aliphatic carbocycles. The second kappa shape index (κ2) is 8.24. The smallest absolute Gasteiger partial charge is 0.0825 e. The molecular formula is C26H32N2OS. The molecule has 1 aliphatic heterocycles. The first-order chi connectivity index (χ1) is 14.3. The Morgan fingerprint density at radius 1 is 1.03 bits per heavy atom. The number of aromatic nitrogens is 1. The maximum Gasteiger partial charge on any atom is 0.0825 e. The number of benzene rings is 1. The molecular weight excluding hydrogens is 388 g/mol. The Morgan fingerprint density at radius 2 is 1.77 bits per heavy atom. The van der Waals surface area contributed by atoms with Crippen LogP contribution in [0.25, 0.3) is 0 Å². The van der Waals surface area contributed by atoms with Crippen molar-refractivity contribution in [1.29, 1.82) is 0 Å². The lowest BCUT2D eigenvalue weighted by atomic mass is 9.79. The van der Waals surface area contributed by atoms with Crippen LogP contribution in [0.4, 0.5) is 11.4 Å². The fraction of sp³-hybridized carbons (Fsp3) is 0.423. The highest BCUT2D eigenvalue weighted by Gasteiger charge is 2.36. The van der Waals surface area contributed by atoms with Crippen molar-refractivity contribution in [1.82, 2.24) is 4.98 Å². The van der Waals surface area contributed by atoms with Crippen LogP contribution < -0.4 is 4.90 Å². The minimum absolute atomic E-state index is 0.0772. The van der Waals surface area contributed by atoms with Gasteiger partial charge in [-0.15, -0.1) is 0 Å². The summed E-state index contributed by atoms with van der Waals surface area (Å²) in [6, 6.07) is 13.0. The van der Waals surface area contributed by atoms with Gasteiger partial charge in [0, 0.05) is 53.2 Å².